The SMILES string of the molecule is [2H]C([2H])([2H])c1c[c-]c(-c2cc[c]([Ge]([CH3])([CH3])[CH3])cn2)cc1.[Ir].[c-]1ccc2c(oc3ccccc32)c1-c1nc2ccccc2n1-c1ccc2sc3ccccc3c2c1. The number of thiophene rings is 1. The second kappa shape index (κ2) is 14.2. The van der Waals surface area contributed by atoms with Gasteiger partial charge in [-0.25, -0.2) is 0 Å². The summed E-state index contributed by atoms with van der Waals surface area (Å²) in [5.74, 6) is 7.81. The molecule has 10 aromatic rings. The second-order valence-corrected chi connectivity index (χ2v) is 25.6. The fourth-order valence-electron chi connectivity index (χ4n) is 6.75. The molecule has 53 heavy (non-hydrogen) atoms. The van der Waals surface area contributed by atoms with Gasteiger partial charge in [0.15, 0.2) is 0 Å². The van der Waals surface area contributed by atoms with Crippen molar-refractivity contribution in [3.63, 3.8) is 0 Å². The summed E-state index contributed by atoms with van der Waals surface area (Å²) < 4.78 is 34.6. The van der Waals surface area contributed by atoms with Crippen LogP contribution in [0.25, 0.3) is 81.5 Å². The summed E-state index contributed by atoms with van der Waals surface area (Å²) in [5, 5.41) is 4.72. The Bertz CT molecular complexity index is 2960. The summed E-state index contributed by atoms with van der Waals surface area (Å²) in [5.41, 5.74) is 7.59. The van der Waals surface area contributed by atoms with Crippen molar-refractivity contribution < 1.29 is 28.6 Å². The normalized spacial score (nSPS) is 12.7. The van der Waals surface area contributed by atoms with E-state index in [9.17, 15) is 0 Å². The van der Waals surface area contributed by atoms with Gasteiger partial charge in [0.05, 0.1) is 22.4 Å². The van der Waals surface area contributed by atoms with E-state index in [0.717, 1.165) is 61.3 Å². The molecule has 0 unspecified atom stereocenters. The minimum atomic E-state index is -2.08. The number of imidazole rings is 1. The Labute approximate surface area is 333 Å². The molecule has 0 saturated carbocycles. The fourth-order valence-corrected chi connectivity index (χ4v) is 10.0. The van der Waals surface area contributed by atoms with Crippen molar-refractivity contribution in [3.8, 4) is 28.3 Å². The van der Waals surface area contributed by atoms with Crippen molar-refractivity contribution in [1.29, 1.82) is 0 Å². The van der Waals surface area contributed by atoms with E-state index in [4.69, 9.17) is 13.5 Å². The Morgan fingerprint density at radius 3 is 2.34 bits per heavy atom. The smallest absolute Gasteiger partial charge is 0.120 e. The minimum absolute atomic E-state index is 0. The largest absolute Gasteiger partial charge is 0.501 e. The van der Waals surface area contributed by atoms with Crippen molar-refractivity contribution in [2.75, 3.05) is 0 Å². The van der Waals surface area contributed by atoms with Crippen molar-refractivity contribution in [1.82, 2.24) is 14.5 Å². The van der Waals surface area contributed by atoms with Crippen molar-refractivity contribution in [2.45, 2.75) is 24.1 Å². The first-order valence-corrected chi connectivity index (χ1v) is 25.4. The number of hydrogen-bond acceptors (Lipinski definition) is 4. The van der Waals surface area contributed by atoms with Crippen molar-refractivity contribution in [3.05, 3.63) is 157 Å². The van der Waals surface area contributed by atoms with Crippen LogP contribution in [-0.4, -0.2) is 27.8 Å². The number of furan rings is 1. The molecule has 0 amide bonds. The van der Waals surface area contributed by atoms with Crippen LogP contribution in [0.1, 0.15) is 9.68 Å². The monoisotopic (exact) mass is 947 g/mol. The summed E-state index contributed by atoms with van der Waals surface area (Å²) in [6.45, 7) is -2.08. The predicted octanol–water partition coefficient (Wildman–Crippen LogP) is 12.2. The molecule has 4 nitrogen and oxygen atoms in total. The minimum Gasteiger partial charge on any atom is -0.501 e. The van der Waals surface area contributed by atoms with E-state index < -0.39 is 20.1 Å². The molecule has 0 aliphatic heterocycles. The van der Waals surface area contributed by atoms with E-state index in [1.54, 1.807) is 12.1 Å². The van der Waals surface area contributed by atoms with E-state index in [0.29, 0.717) is 5.56 Å². The van der Waals surface area contributed by atoms with Gasteiger partial charge in [-0.15, -0.1) is 29.5 Å². The van der Waals surface area contributed by atoms with E-state index in [1.165, 1.54) is 30.6 Å². The molecule has 0 fully saturated rings. The molecule has 6 aromatic carbocycles. The maximum Gasteiger partial charge on any atom is 0.120 e. The quantitative estimate of drug-likeness (QED) is 0.130. The summed E-state index contributed by atoms with van der Waals surface area (Å²) in [4.78, 5) is 9.57. The third-order valence-electron chi connectivity index (χ3n) is 9.46. The average molecular weight is 946 g/mol. The summed E-state index contributed by atoms with van der Waals surface area (Å²) in [7, 11) is 0. The molecule has 1 radical (unpaired) electrons. The third-order valence-corrected chi connectivity index (χ3v) is 14.9. The van der Waals surface area contributed by atoms with Crippen LogP contribution in [0.15, 0.2) is 144 Å². The average Bonchev–Trinajstić information content (AvgIpc) is 3.89. The number of rotatable bonds is 4. The molecular weight excluding hydrogens is 907 g/mol. The predicted molar refractivity (Wildman–Crippen MR) is 222 cm³/mol. The van der Waals surface area contributed by atoms with Crippen LogP contribution < -0.4 is 4.40 Å². The van der Waals surface area contributed by atoms with Gasteiger partial charge in [0.25, 0.3) is 0 Å². The standard InChI is InChI=1S/C31H17N2OS.C15H18GeN.Ir/c1-5-14-27-20(8-1)22-10-7-11-23(30(22)34-27)31-32-25-12-3-4-13-26(25)33(31)19-16-17-29-24(18-19)21-9-2-6-15-28(21)35-29;1-12-5-7-13(8-6-12)15-10-9-14(11-17-15)16(2,3)4;/h1-10,12-18H;5-7,9-11H,1-4H3;/q2*-1;/i;1D3;. The molecule has 10 rings (SSSR count). The molecule has 4 heterocycles. The topological polar surface area (TPSA) is 43.9 Å². The van der Waals surface area contributed by atoms with Gasteiger partial charge in [-0.1, -0.05) is 59.5 Å². The van der Waals surface area contributed by atoms with E-state index in [1.807, 2.05) is 53.9 Å². The zero-order valence-electron chi connectivity index (χ0n) is 32.3. The summed E-state index contributed by atoms with van der Waals surface area (Å²) in [6, 6.07) is 51.3. The maximum atomic E-state index is 7.35. The van der Waals surface area contributed by atoms with Gasteiger partial charge < -0.3 is 8.98 Å². The van der Waals surface area contributed by atoms with Crippen LogP contribution in [0.5, 0.6) is 0 Å². The number of aromatic nitrogens is 3. The van der Waals surface area contributed by atoms with Gasteiger partial charge in [-0.2, -0.15) is 0 Å². The number of pyridine rings is 1. The number of para-hydroxylation sites is 3. The molecule has 4 aromatic heterocycles. The zero-order valence-corrected chi connectivity index (χ0v) is 34.6. The maximum absolute atomic E-state index is 7.35. The molecule has 0 spiro atoms. The fraction of sp³-hybridized carbons (Fsp3) is 0.0870. The van der Waals surface area contributed by atoms with Gasteiger partial charge in [-0.05, 0) is 42.5 Å². The van der Waals surface area contributed by atoms with Gasteiger partial charge in [0.1, 0.15) is 5.58 Å². The van der Waals surface area contributed by atoms with E-state index in [2.05, 4.69) is 118 Å². The van der Waals surface area contributed by atoms with Crippen molar-refractivity contribution >= 4 is 82.1 Å². The van der Waals surface area contributed by atoms with Crippen LogP contribution in [0.2, 0.25) is 17.3 Å². The van der Waals surface area contributed by atoms with Crippen LogP contribution in [0.3, 0.4) is 0 Å². The van der Waals surface area contributed by atoms with E-state index in [-0.39, 0.29) is 20.1 Å². The molecule has 0 aliphatic rings. The van der Waals surface area contributed by atoms with Gasteiger partial charge in [-0.3, -0.25) is 4.98 Å². The van der Waals surface area contributed by atoms with Gasteiger partial charge in [0.2, 0.25) is 0 Å². The summed E-state index contributed by atoms with van der Waals surface area (Å²) >= 11 is -0.000834. The number of benzene rings is 6. The number of fused-ring (bicyclic) bond motifs is 7. The number of aryl methyl sites for hydroxylation is 1. The Kier molecular flexibility index (Phi) is 8.47. The molecule has 261 valence electrons. The van der Waals surface area contributed by atoms with Crippen LogP contribution in [0.4, 0.5) is 0 Å². The number of hydrogen-bond donors (Lipinski definition) is 0. The van der Waals surface area contributed by atoms with Crippen LogP contribution >= 0.6 is 11.3 Å². The Morgan fingerprint density at radius 2 is 1.55 bits per heavy atom. The first-order valence-electron chi connectivity index (χ1n) is 18.7. The van der Waals surface area contributed by atoms with Gasteiger partial charge >= 0.3 is 110 Å². The van der Waals surface area contributed by atoms with E-state index >= 15 is 0 Å². The third kappa shape index (κ3) is 6.55. The molecule has 0 bridgehead atoms. The molecule has 0 saturated heterocycles. The molecule has 7 heteroatoms. The second-order valence-electron chi connectivity index (χ2n) is 13.9. The Morgan fingerprint density at radius 1 is 0.755 bits per heavy atom. The Balaban J connectivity index is 0.000000181. The van der Waals surface area contributed by atoms with Crippen molar-refractivity contribution in [2.24, 2.45) is 0 Å². The molecule has 0 atom stereocenters. The number of nitrogens with zero attached hydrogens (tertiary/aromatic N) is 3. The first kappa shape index (κ1) is 31.7. The van der Waals surface area contributed by atoms with Crippen LogP contribution in [-0.2, 0) is 20.1 Å². The molecular formula is C46H35GeIrN3OS-2. The summed E-state index contributed by atoms with van der Waals surface area (Å²) in [6.07, 6.45) is 1.95. The van der Waals surface area contributed by atoms with Crippen LogP contribution in [0, 0.1) is 19.0 Å². The molecule has 0 N–H and O–H groups in total. The molecule has 0 aliphatic carbocycles. The van der Waals surface area contributed by atoms with Gasteiger partial charge in [0, 0.05) is 51.4 Å². The first-order chi connectivity index (χ1) is 26.5. The Hall–Kier alpha value is -4.85. The zero-order chi connectivity index (χ0) is 37.9.